The zero-order chi connectivity index (χ0) is 24.4. The molecule has 0 aliphatic carbocycles. The van der Waals surface area contributed by atoms with Crippen LogP contribution < -0.4 is 26.6 Å². The van der Waals surface area contributed by atoms with E-state index in [0.717, 1.165) is 16.7 Å². The molecular formula is C21H29N5O6S. The van der Waals surface area contributed by atoms with Gasteiger partial charge in [0.25, 0.3) is 5.91 Å². The van der Waals surface area contributed by atoms with Gasteiger partial charge >= 0.3 is 0 Å². The maximum atomic E-state index is 12.8. The Morgan fingerprint density at radius 3 is 2.67 bits per heavy atom. The average molecular weight is 480 g/mol. The first-order chi connectivity index (χ1) is 15.8. The molecule has 0 spiro atoms. The zero-order valence-corrected chi connectivity index (χ0v) is 19.4. The van der Waals surface area contributed by atoms with Crippen molar-refractivity contribution in [1.82, 2.24) is 16.0 Å². The third-order valence-electron chi connectivity index (χ3n) is 4.81. The van der Waals surface area contributed by atoms with Gasteiger partial charge in [-0.2, -0.15) is 0 Å². The van der Waals surface area contributed by atoms with Crippen LogP contribution in [0.5, 0.6) is 0 Å². The molecule has 1 aliphatic rings. The average Bonchev–Trinajstić information content (AvgIpc) is 3.11. The van der Waals surface area contributed by atoms with Crippen LogP contribution in [-0.2, 0) is 23.9 Å². The number of anilines is 1. The van der Waals surface area contributed by atoms with E-state index in [9.17, 15) is 24.0 Å². The first-order valence-corrected chi connectivity index (χ1v) is 11.5. The van der Waals surface area contributed by atoms with E-state index in [-0.39, 0.29) is 56.1 Å². The number of amides is 5. The fraction of sp³-hybridized carbons (Fsp3) is 0.476. The number of rotatable bonds is 12. The molecule has 1 unspecified atom stereocenters. The Morgan fingerprint density at radius 2 is 1.97 bits per heavy atom. The van der Waals surface area contributed by atoms with Crippen molar-refractivity contribution in [1.29, 1.82) is 0 Å². The number of nitrogens with one attached hydrogen (secondary N) is 3. The first-order valence-electron chi connectivity index (χ1n) is 10.4. The van der Waals surface area contributed by atoms with E-state index in [4.69, 9.17) is 10.5 Å². The standard InChI is InChI=1S/C21H29N5O6S/c1-23-17(27)6-8-32-9-7-25-20(30)15(22)12-33-16-11-18(28)26(21(16)31)14-5-3-4-13(10-14)19(29)24-2/h3-5,10,15-16H,6-9,11-12,22H2,1-2H3,(H,23,27)(H,24,29)(H,25,30)/t15-,16?/m0/s1. The van der Waals surface area contributed by atoms with Gasteiger partial charge in [0.05, 0.1) is 30.2 Å². The van der Waals surface area contributed by atoms with E-state index in [2.05, 4.69) is 16.0 Å². The minimum absolute atomic E-state index is 0.0127. The Hall–Kier alpha value is -2.96. The number of hydrogen-bond acceptors (Lipinski definition) is 8. The van der Waals surface area contributed by atoms with Crippen LogP contribution in [0.4, 0.5) is 5.69 Å². The molecule has 2 rings (SSSR count). The Kier molecular flexibility index (Phi) is 10.3. The molecule has 1 fully saturated rings. The van der Waals surface area contributed by atoms with Crippen molar-refractivity contribution in [2.75, 3.05) is 44.5 Å². The lowest BCUT2D eigenvalue weighted by atomic mass is 10.2. The summed E-state index contributed by atoms with van der Waals surface area (Å²) in [7, 11) is 3.03. The predicted octanol–water partition coefficient (Wildman–Crippen LogP) is -0.992. The summed E-state index contributed by atoms with van der Waals surface area (Å²) >= 11 is 1.15. The number of hydrogen-bond donors (Lipinski definition) is 4. The van der Waals surface area contributed by atoms with E-state index >= 15 is 0 Å². The number of carbonyl (C=O) groups excluding carboxylic acids is 5. The number of nitrogens with zero attached hydrogens (tertiary/aromatic N) is 1. The molecule has 11 nitrogen and oxygen atoms in total. The van der Waals surface area contributed by atoms with Crippen LogP contribution in [0.1, 0.15) is 23.2 Å². The fourth-order valence-electron chi connectivity index (χ4n) is 3.00. The Morgan fingerprint density at radius 1 is 1.21 bits per heavy atom. The highest BCUT2D eigenvalue weighted by molar-refractivity contribution is 8.00. The minimum Gasteiger partial charge on any atom is -0.379 e. The highest BCUT2D eigenvalue weighted by Crippen LogP contribution is 2.30. The number of benzene rings is 1. The second-order valence-electron chi connectivity index (χ2n) is 7.16. The molecule has 1 aromatic rings. The zero-order valence-electron chi connectivity index (χ0n) is 18.6. The Labute approximate surface area is 196 Å². The summed E-state index contributed by atoms with van der Waals surface area (Å²) in [6.45, 7) is 0.724. The summed E-state index contributed by atoms with van der Waals surface area (Å²) in [6.07, 6.45) is 0.225. The van der Waals surface area contributed by atoms with Crippen molar-refractivity contribution >= 4 is 47.0 Å². The molecule has 5 N–H and O–H groups in total. The van der Waals surface area contributed by atoms with Crippen LogP contribution in [0.15, 0.2) is 24.3 Å². The molecule has 0 bridgehead atoms. The summed E-state index contributed by atoms with van der Waals surface area (Å²) in [5, 5.41) is 6.95. The van der Waals surface area contributed by atoms with Gasteiger partial charge in [-0.1, -0.05) is 6.07 Å². The van der Waals surface area contributed by atoms with Gasteiger partial charge in [-0.25, -0.2) is 4.90 Å². The van der Waals surface area contributed by atoms with Crippen LogP contribution in [0.2, 0.25) is 0 Å². The molecule has 180 valence electrons. The summed E-state index contributed by atoms with van der Waals surface area (Å²) in [5.74, 6) is -1.48. The lowest BCUT2D eigenvalue weighted by Gasteiger charge is -2.17. The molecule has 5 amide bonds. The van der Waals surface area contributed by atoms with E-state index < -0.39 is 23.1 Å². The van der Waals surface area contributed by atoms with Crippen molar-refractivity contribution in [3.8, 4) is 0 Å². The lowest BCUT2D eigenvalue weighted by Crippen LogP contribution is -2.44. The molecule has 0 saturated carbocycles. The van der Waals surface area contributed by atoms with Gasteiger partial charge < -0.3 is 26.4 Å². The third-order valence-corrected chi connectivity index (χ3v) is 6.13. The van der Waals surface area contributed by atoms with Crippen LogP contribution in [0, 0.1) is 0 Å². The molecule has 1 heterocycles. The molecule has 2 atom stereocenters. The quantitative estimate of drug-likeness (QED) is 0.220. The van der Waals surface area contributed by atoms with Crippen molar-refractivity contribution in [3.05, 3.63) is 29.8 Å². The van der Waals surface area contributed by atoms with Gasteiger partial charge in [-0.15, -0.1) is 11.8 Å². The molecule has 0 radical (unpaired) electrons. The highest BCUT2D eigenvalue weighted by Gasteiger charge is 2.40. The summed E-state index contributed by atoms with van der Waals surface area (Å²) in [4.78, 5) is 61.3. The van der Waals surface area contributed by atoms with E-state index in [0.29, 0.717) is 11.3 Å². The van der Waals surface area contributed by atoms with Gasteiger partial charge in [0.15, 0.2) is 0 Å². The maximum Gasteiger partial charge on any atom is 0.251 e. The van der Waals surface area contributed by atoms with Crippen LogP contribution in [-0.4, -0.2) is 80.4 Å². The summed E-state index contributed by atoms with van der Waals surface area (Å²) < 4.78 is 5.25. The SMILES string of the molecule is CNC(=O)CCOCCNC(=O)[C@@H](N)CSC1CC(=O)N(c2cccc(C(=O)NC)c2)C1=O. The van der Waals surface area contributed by atoms with Crippen LogP contribution >= 0.6 is 11.8 Å². The predicted molar refractivity (Wildman–Crippen MR) is 124 cm³/mol. The molecule has 33 heavy (non-hydrogen) atoms. The number of nitrogens with two attached hydrogens (primary N) is 1. The molecule has 1 aromatic carbocycles. The van der Waals surface area contributed by atoms with Crippen LogP contribution in [0.25, 0.3) is 0 Å². The first kappa shape index (κ1) is 26.3. The minimum atomic E-state index is -0.866. The number of ether oxygens (including phenoxy) is 1. The Bertz CT molecular complexity index is 896. The van der Waals surface area contributed by atoms with Crippen molar-refractivity contribution in [3.63, 3.8) is 0 Å². The Balaban J connectivity index is 1.79. The van der Waals surface area contributed by atoms with E-state index in [1.165, 1.54) is 13.1 Å². The fourth-order valence-corrected chi connectivity index (χ4v) is 4.10. The molecule has 1 saturated heterocycles. The molecule has 1 aliphatic heterocycles. The number of thioether (sulfide) groups is 1. The largest absolute Gasteiger partial charge is 0.379 e. The summed E-state index contributed by atoms with van der Waals surface area (Å²) in [5.41, 5.74) is 6.57. The molecular weight excluding hydrogens is 450 g/mol. The van der Waals surface area contributed by atoms with Gasteiger partial charge in [0.1, 0.15) is 0 Å². The van der Waals surface area contributed by atoms with Crippen molar-refractivity contribution < 1.29 is 28.7 Å². The highest BCUT2D eigenvalue weighted by atomic mass is 32.2. The number of imide groups is 1. The lowest BCUT2D eigenvalue weighted by molar-refractivity contribution is -0.123. The normalized spacial score (nSPS) is 16.5. The molecule has 0 aromatic heterocycles. The van der Waals surface area contributed by atoms with Gasteiger partial charge in [0, 0.05) is 44.8 Å². The van der Waals surface area contributed by atoms with E-state index in [1.807, 2.05) is 0 Å². The smallest absolute Gasteiger partial charge is 0.251 e. The van der Waals surface area contributed by atoms with Gasteiger partial charge in [-0.3, -0.25) is 24.0 Å². The summed E-state index contributed by atoms with van der Waals surface area (Å²) in [6, 6.07) is 5.39. The number of carbonyl (C=O) groups is 5. The van der Waals surface area contributed by atoms with Crippen molar-refractivity contribution in [2.24, 2.45) is 5.73 Å². The van der Waals surface area contributed by atoms with Gasteiger partial charge in [0.2, 0.25) is 23.6 Å². The van der Waals surface area contributed by atoms with Gasteiger partial charge in [-0.05, 0) is 18.2 Å². The van der Waals surface area contributed by atoms with Crippen LogP contribution in [0.3, 0.4) is 0 Å². The topological polar surface area (TPSA) is 160 Å². The van der Waals surface area contributed by atoms with E-state index in [1.54, 1.807) is 25.2 Å². The van der Waals surface area contributed by atoms with Crippen molar-refractivity contribution in [2.45, 2.75) is 24.1 Å². The molecule has 12 heteroatoms. The third kappa shape index (κ3) is 7.55. The monoisotopic (exact) mass is 479 g/mol. The second-order valence-corrected chi connectivity index (χ2v) is 8.39. The second kappa shape index (κ2) is 12.9. The maximum absolute atomic E-state index is 12.8.